The number of amides is 2. The Morgan fingerprint density at radius 1 is 1.07 bits per heavy atom. The third kappa shape index (κ3) is 4.89. The average molecular weight is 382 g/mol. The van der Waals surface area contributed by atoms with Crippen LogP contribution in [0.1, 0.15) is 37.3 Å². The molecule has 2 amide bonds. The van der Waals surface area contributed by atoms with Crippen LogP contribution in [0.4, 0.5) is 16.2 Å². The minimum Gasteiger partial charge on any atom is -0.465 e. The molecule has 2 aromatic rings. The number of carbonyl (C=O) groups is 2. The third-order valence-electron chi connectivity index (χ3n) is 5.16. The molecule has 0 spiro atoms. The molecule has 0 bridgehead atoms. The summed E-state index contributed by atoms with van der Waals surface area (Å²) in [6, 6.07) is 15.3. The van der Waals surface area contributed by atoms with Crippen molar-refractivity contribution in [2.24, 2.45) is 0 Å². The summed E-state index contributed by atoms with van der Waals surface area (Å²) in [6.45, 7) is 1.48. The standard InChI is InChI=1S/C22H26N2O4/c1-15(25)23-18-7-3-16(4-8-18)13-17-5-9-19(10-6-17)24(22(26)27)20-11-12-21(14-20)28-2/h3-10,20-21H,11-14H2,1-2H3,(H,23,25)(H,26,27). The zero-order valence-corrected chi connectivity index (χ0v) is 16.2. The van der Waals surface area contributed by atoms with Gasteiger partial charge in [0.2, 0.25) is 5.91 Å². The summed E-state index contributed by atoms with van der Waals surface area (Å²) in [6.07, 6.45) is 2.37. The average Bonchev–Trinajstić information content (AvgIpc) is 3.13. The molecule has 2 aromatic carbocycles. The van der Waals surface area contributed by atoms with Gasteiger partial charge in [-0.2, -0.15) is 0 Å². The van der Waals surface area contributed by atoms with Crippen molar-refractivity contribution in [1.29, 1.82) is 0 Å². The van der Waals surface area contributed by atoms with Gasteiger partial charge in [0.1, 0.15) is 0 Å². The first-order chi connectivity index (χ1) is 13.5. The van der Waals surface area contributed by atoms with E-state index in [1.165, 1.54) is 11.8 Å². The second-order valence-electron chi connectivity index (χ2n) is 7.20. The maximum absolute atomic E-state index is 11.8. The Kier molecular flexibility index (Phi) is 6.31. The van der Waals surface area contributed by atoms with Gasteiger partial charge in [-0.15, -0.1) is 0 Å². The maximum atomic E-state index is 11.8. The Balaban J connectivity index is 1.68. The minimum absolute atomic E-state index is 0.0466. The van der Waals surface area contributed by atoms with E-state index < -0.39 is 6.09 Å². The van der Waals surface area contributed by atoms with E-state index in [1.807, 2.05) is 48.5 Å². The number of carbonyl (C=O) groups excluding carboxylic acids is 1. The van der Waals surface area contributed by atoms with Gasteiger partial charge >= 0.3 is 6.09 Å². The molecule has 0 aliphatic heterocycles. The Hall–Kier alpha value is -2.86. The highest BCUT2D eigenvalue weighted by Gasteiger charge is 2.32. The summed E-state index contributed by atoms with van der Waals surface area (Å²) in [4.78, 5) is 24.4. The summed E-state index contributed by atoms with van der Waals surface area (Å²) < 4.78 is 5.38. The summed E-state index contributed by atoms with van der Waals surface area (Å²) >= 11 is 0. The van der Waals surface area contributed by atoms with Crippen LogP contribution in [0.2, 0.25) is 0 Å². The molecule has 6 nitrogen and oxygen atoms in total. The highest BCUT2D eigenvalue weighted by Crippen LogP contribution is 2.30. The van der Waals surface area contributed by atoms with Crippen LogP contribution in [-0.2, 0) is 16.0 Å². The number of nitrogens with zero attached hydrogens (tertiary/aromatic N) is 1. The Labute approximate surface area is 165 Å². The SMILES string of the molecule is COC1CCC(N(C(=O)O)c2ccc(Cc3ccc(NC(C)=O)cc3)cc2)C1. The molecule has 28 heavy (non-hydrogen) atoms. The molecule has 3 rings (SSSR count). The third-order valence-corrected chi connectivity index (χ3v) is 5.16. The molecule has 2 atom stereocenters. The fourth-order valence-corrected chi connectivity index (χ4v) is 3.76. The number of rotatable bonds is 6. The topological polar surface area (TPSA) is 78.9 Å². The molecular formula is C22H26N2O4. The van der Waals surface area contributed by atoms with Crippen molar-refractivity contribution in [3.05, 3.63) is 59.7 Å². The van der Waals surface area contributed by atoms with Gasteiger partial charge in [0, 0.05) is 31.5 Å². The monoisotopic (exact) mass is 382 g/mol. The molecule has 1 aliphatic carbocycles. The predicted molar refractivity (Wildman–Crippen MR) is 109 cm³/mol. The first kappa shape index (κ1) is 19.9. The van der Waals surface area contributed by atoms with E-state index in [0.717, 1.165) is 42.5 Å². The van der Waals surface area contributed by atoms with Crippen LogP contribution in [0.5, 0.6) is 0 Å². The van der Waals surface area contributed by atoms with E-state index in [2.05, 4.69) is 5.32 Å². The van der Waals surface area contributed by atoms with Crippen LogP contribution in [-0.4, -0.2) is 36.4 Å². The molecule has 1 saturated carbocycles. The molecule has 0 heterocycles. The van der Waals surface area contributed by atoms with Crippen molar-refractivity contribution in [1.82, 2.24) is 0 Å². The fourth-order valence-electron chi connectivity index (χ4n) is 3.76. The number of nitrogens with one attached hydrogen (secondary N) is 1. The number of ether oxygens (including phenoxy) is 1. The van der Waals surface area contributed by atoms with E-state index in [9.17, 15) is 14.7 Å². The number of methoxy groups -OCH3 is 1. The van der Waals surface area contributed by atoms with Crippen molar-refractivity contribution >= 4 is 23.4 Å². The Morgan fingerprint density at radius 3 is 2.18 bits per heavy atom. The van der Waals surface area contributed by atoms with Crippen molar-refractivity contribution in [3.8, 4) is 0 Å². The van der Waals surface area contributed by atoms with Gasteiger partial charge < -0.3 is 15.2 Å². The second-order valence-corrected chi connectivity index (χ2v) is 7.20. The molecule has 0 aromatic heterocycles. The van der Waals surface area contributed by atoms with Crippen molar-refractivity contribution < 1.29 is 19.4 Å². The van der Waals surface area contributed by atoms with E-state index in [1.54, 1.807) is 7.11 Å². The first-order valence-corrected chi connectivity index (χ1v) is 9.46. The first-order valence-electron chi connectivity index (χ1n) is 9.46. The lowest BCUT2D eigenvalue weighted by atomic mass is 10.0. The minimum atomic E-state index is -0.928. The van der Waals surface area contributed by atoms with E-state index in [-0.39, 0.29) is 18.1 Å². The van der Waals surface area contributed by atoms with Gasteiger partial charge in [-0.05, 0) is 61.1 Å². The van der Waals surface area contributed by atoms with E-state index in [0.29, 0.717) is 5.69 Å². The molecule has 6 heteroatoms. The van der Waals surface area contributed by atoms with Gasteiger partial charge in [0.25, 0.3) is 0 Å². The van der Waals surface area contributed by atoms with Gasteiger partial charge in [-0.25, -0.2) is 4.79 Å². The normalized spacial score (nSPS) is 18.6. The molecule has 2 N–H and O–H groups in total. The maximum Gasteiger partial charge on any atom is 0.412 e. The summed E-state index contributed by atoms with van der Waals surface area (Å²) in [5.74, 6) is -0.0922. The molecule has 0 saturated heterocycles. The van der Waals surface area contributed by atoms with Crippen LogP contribution in [0, 0.1) is 0 Å². The van der Waals surface area contributed by atoms with E-state index >= 15 is 0 Å². The quantitative estimate of drug-likeness (QED) is 0.781. The number of anilines is 2. The van der Waals surface area contributed by atoms with Crippen LogP contribution in [0.3, 0.4) is 0 Å². The smallest absolute Gasteiger partial charge is 0.412 e. The molecular weight excluding hydrogens is 356 g/mol. The van der Waals surface area contributed by atoms with Gasteiger partial charge in [-0.1, -0.05) is 24.3 Å². The Morgan fingerprint density at radius 2 is 1.68 bits per heavy atom. The second kappa shape index (κ2) is 8.89. The molecule has 1 aliphatic rings. The lowest BCUT2D eigenvalue weighted by Gasteiger charge is -2.26. The fraction of sp³-hybridized carbons (Fsp3) is 0.364. The zero-order chi connectivity index (χ0) is 20.1. The lowest BCUT2D eigenvalue weighted by molar-refractivity contribution is -0.114. The summed E-state index contributed by atoms with van der Waals surface area (Å²) in [5, 5.41) is 12.4. The van der Waals surface area contributed by atoms with Crippen LogP contribution < -0.4 is 10.2 Å². The molecule has 1 fully saturated rings. The number of hydrogen-bond donors (Lipinski definition) is 2. The van der Waals surface area contributed by atoms with Crippen LogP contribution >= 0.6 is 0 Å². The lowest BCUT2D eigenvalue weighted by Crippen LogP contribution is -2.38. The predicted octanol–water partition coefficient (Wildman–Crippen LogP) is 4.29. The van der Waals surface area contributed by atoms with Crippen LogP contribution in [0.25, 0.3) is 0 Å². The van der Waals surface area contributed by atoms with Crippen molar-refractivity contribution in [2.75, 3.05) is 17.3 Å². The van der Waals surface area contributed by atoms with Crippen LogP contribution in [0.15, 0.2) is 48.5 Å². The van der Waals surface area contributed by atoms with Gasteiger partial charge in [0.15, 0.2) is 0 Å². The number of hydrogen-bond acceptors (Lipinski definition) is 3. The summed E-state index contributed by atoms with van der Waals surface area (Å²) in [5.41, 5.74) is 3.69. The summed E-state index contributed by atoms with van der Waals surface area (Å²) in [7, 11) is 1.68. The van der Waals surface area contributed by atoms with Crippen molar-refractivity contribution in [3.63, 3.8) is 0 Å². The zero-order valence-electron chi connectivity index (χ0n) is 16.2. The van der Waals surface area contributed by atoms with Gasteiger partial charge in [0.05, 0.1) is 6.10 Å². The highest BCUT2D eigenvalue weighted by atomic mass is 16.5. The molecule has 2 unspecified atom stereocenters. The largest absolute Gasteiger partial charge is 0.465 e. The van der Waals surface area contributed by atoms with Gasteiger partial charge in [-0.3, -0.25) is 9.69 Å². The Bertz CT molecular complexity index is 817. The molecule has 0 radical (unpaired) electrons. The van der Waals surface area contributed by atoms with Crippen molar-refractivity contribution in [2.45, 2.75) is 44.8 Å². The number of benzene rings is 2. The molecule has 148 valence electrons. The van der Waals surface area contributed by atoms with E-state index in [4.69, 9.17) is 4.74 Å². The number of carboxylic acid groups (broad SMARTS) is 1. The highest BCUT2D eigenvalue weighted by molar-refractivity contribution is 5.88.